The quantitative estimate of drug-likeness (QED) is 0.748. The number of carbonyl (C=O) groups excluding carboxylic acids is 1. The molecule has 1 amide bonds. The fourth-order valence-electron chi connectivity index (χ4n) is 1.23. The van der Waals surface area contributed by atoms with Crippen molar-refractivity contribution in [3.8, 4) is 0 Å². The highest BCUT2D eigenvalue weighted by Crippen LogP contribution is 2.19. The van der Waals surface area contributed by atoms with E-state index in [0.717, 1.165) is 6.26 Å². The molecule has 1 aromatic rings. The number of hydrogen-bond acceptors (Lipinski definition) is 4. The lowest BCUT2D eigenvalue weighted by molar-refractivity contribution is -0.115. The molecular formula is C11H12INO5S. The number of halogens is 1. The summed E-state index contributed by atoms with van der Waals surface area (Å²) in [6.45, 7) is 1.25. The van der Waals surface area contributed by atoms with Gasteiger partial charge < -0.3 is 10.4 Å². The van der Waals surface area contributed by atoms with Crippen LogP contribution in [0.3, 0.4) is 0 Å². The maximum Gasteiger partial charge on any atom is 0.337 e. The van der Waals surface area contributed by atoms with E-state index in [1.165, 1.54) is 19.1 Å². The first-order valence-corrected chi connectivity index (χ1v) is 8.19. The molecule has 0 spiro atoms. The standard InChI is InChI=1S/C11H12INO5S/c1-6(19(2,17)18)10(14)13-9-4-3-7(12)5-8(9)11(15)16/h3-6H,1-2H3,(H,13,14)(H,15,16). The molecule has 2 N–H and O–H groups in total. The number of benzene rings is 1. The van der Waals surface area contributed by atoms with Crippen molar-refractivity contribution in [2.24, 2.45) is 0 Å². The molecule has 0 saturated heterocycles. The van der Waals surface area contributed by atoms with Crippen LogP contribution in [-0.4, -0.2) is 36.9 Å². The van der Waals surface area contributed by atoms with Crippen LogP contribution in [0.2, 0.25) is 0 Å². The third-order valence-electron chi connectivity index (χ3n) is 2.48. The number of nitrogens with one attached hydrogen (secondary N) is 1. The molecule has 1 atom stereocenters. The van der Waals surface area contributed by atoms with Crippen molar-refractivity contribution >= 4 is 50.0 Å². The van der Waals surface area contributed by atoms with Crippen LogP contribution in [0.25, 0.3) is 0 Å². The molecule has 0 heterocycles. The molecule has 0 aliphatic carbocycles. The van der Waals surface area contributed by atoms with Gasteiger partial charge in [0.2, 0.25) is 5.91 Å². The lowest BCUT2D eigenvalue weighted by atomic mass is 10.2. The number of sulfone groups is 1. The molecule has 6 nitrogen and oxygen atoms in total. The Kier molecular flexibility index (Phi) is 4.91. The Labute approximate surface area is 124 Å². The molecule has 1 aromatic carbocycles. The molecule has 0 aromatic heterocycles. The first-order chi connectivity index (χ1) is 8.62. The van der Waals surface area contributed by atoms with E-state index in [2.05, 4.69) is 5.32 Å². The van der Waals surface area contributed by atoms with Crippen LogP contribution in [0.1, 0.15) is 17.3 Å². The molecular weight excluding hydrogens is 385 g/mol. The minimum Gasteiger partial charge on any atom is -0.478 e. The molecule has 0 radical (unpaired) electrons. The number of carboxylic acid groups (broad SMARTS) is 1. The van der Waals surface area contributed by atoms with Gasteiger partial charge in [0.05, 0.1) is 11.3 Å². The Balaban J connectivity index is 3.07. The first kappa shape index (κ1) is 15.9. The van der Waals surface area contributed by atoms with Gasteiger partial charge >= 0.3 is 5.97 Å². The van der Waals surface area contributed by atoms with Crippen molar-refractivity contribution in [3.05, 3.63) is 27.3 Å². The van der Waals surface area contributed by atoms with Gasteiger partial charge in [-0.15, -0.1) is 0 Å². The number of aromatic carboxylic acids is 1. The largest absolute Gasteiger partial charge is 0.478 e. The minimum atomic E-state index is -3.52. The average molecular weight is 397 g/mol. The molecule has 1 rings (SSSR count). The molecule has 0 saturated carbocycles. The molecule has 1 unspecified atom stereocenters. The number of anilines is 1. The number of amides is 1. The predicted molar refractivity (Wildman–Crippen MR) is 79.1 cm³/mol. The van der Waals surface area contributed by atoms with Crippen molar-refractivity contribution in [1.29, 1.82) is 0 Å². The summed E-state index contributed by atoms with van der Waals surface area (Å²) in [5.74, 6) is -1.95. The summed E-state index contributed by atoms with van der Waals surface area (Å²) in [6.07, 6.45) is 0.948. The highest BCUT2D eigenvalue weighted by atomic mass is 127. The van der Waals surface area contributed by atoms with Crippen molar-refractivity contribution < 1.29 is 23.1 Å². The molecule has 0 bridgehead atoms. The van der Waals surface area contributed by atoms with Gasteiger partial charge in [-0.1, -0.05) is 0 Å². The second kappa shape index (κ2) is 5.87. The number of hydrogen-bond donors (Lipinski definition) is 2. The molecule has 0 aliphatic rings. The highest BCUT2D eigenvalue weighted by molar-refractivity contribution is 14.1. The summed E-state index contributed by atoms with van der Waals surface area (Å²) in [5, 5.41) is 10.1. The second-order valence-corrected chi connectivity index (χ2v) is 7.57. The van der Waals surface area contributed by atoms with Gasteiger partial charge in [-0.2, -0.15) is 0 Å². The van der Waals surface area contributed by atoms with Crippen LogP contribution in [0.4, 0.5) is 5.69 Å². The lowest BCUT2D eigenvalue weighted by Gasteiger charge is -2.12. The zero-order chi connectivity index (χ0) is 14.8. The van der Waals surface area contributed by atoms with E-state index >= 15 is 0 Å². The van der Waals surface area contributed by atoms with Gasteiger partial charge in [-0.25, -0.2) is 13.2 Å². The molecule has 104 valence electrons. The van der Waals surface area contributed by atoms with Gasteiger partial charge in [0, 0.05) is 9.83 Å². The third-order valence-corrected chi connectivity index (χ3v) is 4.65. The van der Waals surface area contributed by atoms with Crippen LogP contribution >= 0.6 is 22.6 Å². The normalized spacial score (nSPS) is 12.8. The van der Waals surface area contributed by atoms with Crippen LogP contribution in [-0.2, 0) is 14.6 Å². The Bertz CT molecular complexity index is 626. The Morgan fingerprint density at radius 1 is 1.37 bits per heavy atom. The summed E-state index contributed by atoms with van der Waals surface area (Å²) < 4.78 is 23.2. The Morgan fingerprint density at radius 3 is 2.42 bits per heavy atom. The van der Waals surface area contributed by atoms with Crippen LogP contribution in [0, 0.1) is 3.57 Å². The Morgan fingerprint density at radius 2 is 1.95 bits per heavy atom. The van der Waals surface area contributed by atoms with E-state index in [1.807, 2.05) is 22.6 Å². The van der Waals surface area contributed by atoms with Crippen molar-refractivity contribution in [2.75, 3.05) is 11.6 Å². The predicted octanol–water partition coefficient (Wildman–Crippen LogP) is 1.36. The second-order valence-electron chi connectivity index (χ2n) is 3.96. The van der Waals surface area contributed by atoms with E-state index in [9.17, 15) is 18.0 Å². The smallest absolute Gasteiger partial charge is 0.337 e. The monoisotopic (exact) mass is 397 g/mol. The molecule has 19 heavy (non-hydrogen) atoms. The molecule has 8 heteroatoms. The van der Waals surface area contributed by atoms with Crippen molar-refractivity contribution in [3.63, 3.8) is 0 Å². The lowest BCUT2D eigenvalue weighted by Crippen LogP contribution is -2.32. The van der Waals surface area contributed by atoms with E-state index < -0.39 is 27.0 Å². The number of rotatable bonds is 4. The maximum absolute atomic E-state index is 11.7. The fraction of sp³-hybridized carbons (Fsp3) is 0.273. The zero-order valence-corrected chi connectivity index (χ0v) is 13.1. The number of carboxylic acids is 1. The van der Waals surface area contributed by atoms with Gasteiger partial charge in [0.25, 0.3) is 0 Å². The minimum absolute atomic E-state index is 0.0772. The van der Waals surface area contributed by atoms with Gasteiger partial charge in [-0.05, 0) is 47.7 Å². The summed E-state index contributed by atoms with van der Waals surface area (Å²) >= 11 is 1.94. The number of carbonyl (C=O) groups is 2. The highest BCUT2D eigenvalue weighted by Gasteiger charge is 2.24. The van der Waals surface area contributed by atoms with Crippen LogP contribution in [0.5, 0.6) is 0 Å². The van der Waals surface area contributed by atoms with Crippen LogP contribution < -0.4 is 5.32 Å². The van der Waals surface area contributed by atoms with E-state index in [4.69, 9.17) is 5.11 Å². The molecule has 0 fully saturated rings. The van der Waals surface area contributed by atoms with E-state index in [1.54, 1.807) is 6.07 Å². The van der Waals surface area contributed by atoms with E-state index in [-0.39, 0.29) is 11.3 Å². The summed E-state index contributed by atoms with van der Waals surface area (Å²) in [5.41, 5.74) is -0.00522. The maximum atomic E-state index is 11.7. The Hall–Kier alpha value is -1.16. The van der Waals surface area contributed by atoms with Crippen molar-refractivity contribution in [2.45, 2.75) is 12.2 Å². The van der Waals surface area contributed by atoms with E-state index in [0.29, 0.717) is 3.57 Å². The zero-order valence-electron chi connectivity index (χ0n) is 10.2. The summed E-state index contributed by atoms with van der Waals surface area (Å²) in [4.78, 5) is 22.8. The summed E-state index contributed by atoms with van der Waals surface area (Å²) in [7, 11) is -3.52. The fourth-order valence-corrected chi connectivity index (χ4v) is 2.17. The van der Waals surface area contributed by atoms with Gasteiger partial charge in [-0.3, -0.25) is 4.79 Å². The SMILES string of the molecule is CC(C(=O)Nc1ccc(I)cc1C(=O)O)S(C)(=O)=O. The topological polar surface area (TPSA) is 101 Å². The third kappa shape index (κ3) is 4.16. The summed E-state index contributed by atoms with van der Waals surface area (Å²) in [6, 6.07) is 4.44. The van der Waals surface area contributed by atoms with Crippen LogP contribution in [0.15, 0.2) is 18.2 Å². The average Bonchev–Trinajstić information content (AvgIpc) is 2.28. The first-order valence-electron chi connectivity index (χ1n) is 5.15. The molecule has 0 aliphatic heterocycles. The van der Waals surface area contributed by atoms with Crippen molar-refractivity contribution in [1.82, 2.24) is 0 Å². The van der Waals surface area contributed by atoms with Gasteiger partial charge in [0.15, 0.2) is 9.84 Å². The van der Waals surface area contributed by atoms with Gasteiger partial charge in [0.1, 0.15) is 5.25 Å².